The number of aromatic nitrogens is 4. The third-order valence-corrected chi connectivity index (χ3v) is 5.29. The van der Waals surface area contributed by atoms with Crippen molar-refractivity contribution in [3.63, 3.8) is 0 Å². The highest BCUT2D eigenvalue weighted by molar-refractivity contribution is 5.97. The minimum atomic E-state index is -0.688. The topological polar surface area (TPSA) is 117 Å². The van der Waals surface area contributed by atoms with Crippen LogP contribution in [0.2, 0.25) is 0 Å². The number of ether oxygens (including phenoxy) is 2. The number of fused-ring (bicyclic) bond motifs is 2. The summed E-state index contributed by atoms with van der Waals surface area (Å²) in [6.07, 6.45) is 5.13. The predicted molar refractivity (Wildman–Crippen MR) is 128 cm³/mol. The van der Waals surface area contributed by atoms with Crippen molar-refractivity contribution < 1.29 is 19.1 Å². The van der Waals surface area contributed by atoms with Gasteiger partial charge in [-0.25, -0.2) is 9.78 Å². The molecule has 0 aliphatic rings. The summed E-state index contributed by atoms with van der Waals surface area (Å²) in [6, 6.07) is 9.69. The molecule has 0 unspecified atom stereocenters. The Kier molecular flexibility index (Phi) is 7.41. The van der Waals surface area contributed by atoms with Crippen LogP contribution in [0.5, 0.6) is 0 Å². The number of carbonyl (C=O) groups excluding carboxylic acids is 2. The molecule has 10 nitrogen and oxygen atoms in total. The molecule has 0 aliphatic heterocycles. The van der Waals surface area contributed by atoms with Crippen molar-refractivity contribution in [2.75, 3.05) is 19.8 Å². The Morgan fingerprint density at radius 3 is 2.63 bits per heavy atom. The highest BCUT2D eigenvalue weighted by atomic mass is 16.5. The monoisotopic (exact) mass is 475 g/mol. The maximum Gasteiger partial charge on any atom is 0.341 e. The van der Waals surface area contributed by atoms with E-state index in [1.807, 2.05) is 6.92 Å². The lowest BCUT2D eigenvalue weighted by Gasteiger charge is -2.15. The molecule has 0 fully saturated rings. The average Bonchev–Trinajstić information content (AvgIpc) is 2.88. The molecule has 0 aromatic carbocycles. The van der Waals surface area contributed by atoms with Gasteiger partial charge in [-0.1, -0.05) is 6.07 Å². The lowest BCUT2D eigenvalue weighted by atomic mass is 10.2. The molecule has 4 rings (SSSR count). The lowest BCUT2D eigenvalue weighted by Crippen LogP contribution is -2.33. The van der Waals surface area contributed by atoms with Gasteiger partial charge in [0.25, 0.3) is 11.5 Å². The minimum absolute atomic E-state index is 0.00736. The van der Waals surface area contributed by atoms with E-state index < -0.39 is 11.9 Å². The first-order chi connectivity index (χ1) is 17.0. The normalized spacial score (nSPS) is 11.8. The molecule has 0 radical (unpaired) electrons. The van der Waals surface area contributed by atoms with E-state index in [0.717, 1.165) is 0 Å². The number of pyridine rings is 3. The van der Waals surface area contributed by atoms with Gasteiger partial charge in [-0.05, 0) is 50.6 Å². The molecule has 0 N–H and O–H groups in total. The van der Waals surface area contributed by atoms with Gasteiger partial charge in [0.15, 0.2) is 5.49 Å². The fourth-order valence-corrected chi connectivity index (χ4v) is 3.69. The minimum Gasteiger partial charge on any atom is -0.462 e. The number of aryl methyl sites for hydroxylation is 1. The summed E-state index contributed by atoms with van der Waals surface area (Å²) < 4.78 is 13.7. The van der Waals surface area contributed by atoms with Gasteiger partial charge in [0.05, 0.1) is 12.0 Å². The second-order valence-electron chi connectivity index (χ2n) is 7.54. The van der Waals surface area contributed by atoms with Crippen molar-refractivity contribution in [1.82, 2.24) is 18.9 Å². The average molecular weight is 476 g/mol. The number of rotatable bonds is 8. The van der Waals surface area contributed by atoms with Crippen LogP contribution in [0.15, 0.2) is 64.8 Å². The molecule has 10 heteroatoms. The van der Waals surface area contributed by atoms with E-state index in [-0.39, 0.29) is 28.6 Å². The first kappa shape index (κ1) is 24.0. The van der Waals surface area contributed by atoms with Crippen LogP contribution in [-0.4, -0.2) is 50.6 Å². The SMILES string of the molecule is CCOCCCn1c(=NC(=O)c2ccncc2)c(C(=O)OCC)cc2c(=O)n3ccccc3nc21. The number of nitrogens with zero attached hydrogens (tertiary/aromatic N) is 5. The van der Waals surface area contributed by atoms with E-state index in [9.17, 15) is 14.4 Å². The van der Waals surface area contributed by atoms with Crippen molar-refractivity contribution in [3.05, 3.63) is 82.0 Å². The molecule has 4 aromatic rings. The molecule has 1 amide bonds. The van der Waals surface area contributed by atoms with Gasteiger partial charge in [-0.2, -0.15) is 4.99 Å². The highest BCUT2D eigenvalue weighted by Gasteiger charge is 2.20. The van der Waals surface area contributed by atoms with Crippen LogP contribution >= 0.6 is 0 Å². The Bertz CT molecular complexity index is 1510. The van der Waals surface area contributed by atoms with Gasteiger partial charge in [0.1, 0.15) is 16.9 Å². The summed E-state index contributed by atoms with van der Waals surface area (Å²) >= 11 is 0. The third kappa shape index (κ3) is 5.02. The van der Waals surface area contributed by atoms with Gasteiger partial charge in [0.2, 0.25) is 0 Å². The molecule has 0 bridgehead atoms. The summed E-state index contributed by atoms with van der Waals surface area (Å²) in [7, 11) is 0. The van der Waals surface area contributed by atoms with Gasteiger partial charge in [0, 0.05) is 43.9 Å². The van der Waals surface area contributed by atoms with Crippen molar-refractivity contribution in [2.45, 2.75) is 26.8 Å². The van der Waals surface area contributed by atoms with E-state index in [2.05, 4.69) is 15.0 Å². The molecule has 0 aliphatic carbocycles. The number of hydrogen-bond donors (Lipinski definition) is 0. The molecule has 0 saturated carbocycles. The predicted octanol–water partition coefficient (Wildman–Crippen LogP) is 2.39. The van der Waals surface area contributed by atoms with Gasteiger partial charge < -0.3 is 14.0 Å². The second-order valence-corrected chi connectivity index (χ2v) is 7.54. The molecular formula is C25H25N5O5. The standard InChI is InChI=1S/C25H25N5O5/c1-3-34-15-7-14-30-21-18(24(32)29-13-6-5-8-20(29)27-21)16-19(25(33)35-4-2)22(30)28-23(31)17-9-11-26-12-10-17/h5-6,8-13,16H,3-4,7,14-15H2,1-2H3. The summed E-state index contributed by atoms with van der Waals surface area (Å²) in [5.74, 6) is -1.25. The van der Waals surface area contributed by atoms with Gasteiger partial charge in [-0.15, -0.1) is 0 Å². The van der Waals surface area contributed by atoms with E-state index in [1.54, 1.807) is 35.9 Å². The quantitative estimate of drug-likeness (QED) is 0.218. The van der Waals surface area contributed by atoms with Crippen molar-refractivity contribution >= 4 is 28.6 Å². The Morgan fingerprint density at radius 1 is 1.09 bits per heavy atom. The molecule has 0 atom stereocenters. The van der Waals surface area contributed by atoms with Crippen molar-refractivity contribution in [3.8, 4) is 0 Å². The summed E-state index contributed by atoms with van der Waals surface area (Å²) in [6.45, 7) is 5.00. The zero-order chi connectivity index (χ0) is 24.8. The smallest absolute Gasteiger partial charge is 0.341 e. The fraction of sp³-hybridized carbons (Fsp3) is 0.280. The van der Waals surface area contributed by atoms with Crippen molar-refractivity contribution in [1.29, 1.82) is 0 Å². The Morgan fingerprint density at radius 2 is 1.89 bits per heavy atom. The lowest BCUT2D eigenvalue weighted by molar-refractivity contribution is 0.0523. The number of esters is 1. The van der Waals surface area contributed by atoms with Crippen LogP contribution < -0.4 is 11.0 Å². The van der Waals surface area contributed by atoms with Crippen molar-refractivity contribution in [2.24, 2.45) is 4.99 Å². The second kappa shape index (κ2) is 10.8. The maximum absolute atomic E-state index is 13.3. The molecular weight excluding hydrogens is 450 g/mol. The van der Waals surface area contributed by atoms with Crippen LogP contribution in [-0.2, 0) is 16.0 Å². The first-order valence-corrected chi connectivity index (χ1v) is 11.3. The van der Waals surface area contributed by atoms with Crippen LogP contribution in [0, 0.1) is 0 Å². The zero-order valence-corrected chi connectivity index (χ0v) is 19.5. The molecule has 180 valence electrons. The Balaban J connectivity index is 2.06. The van der Waals surface area contributed by atoms with Crippen LogP contribution in [0.1, 0.15) is 41.0 Å². The highest BCUT2D eigenvalue weighted by Crippen LogP contribution is 2.12. The Labute approximate surface area is 200 Å². The molecule has 0 spiro atoms. The van der Waals surface area contributed by atoms with Crippen LogP contribution in [0.4, 0.5) is 0 Å². The molecule has 0 saturated heterocycles. The van der Waals surface area contributed by atoms with E-state index >= 15 is 0 Å². The molecule has 4 aromatic heterocycles. The van der Waals surface area contributed by atoms with E-state index in [4.69, 9.17) is 9.47 Å². The van der Waals surface area contributed by atoms with Crippen LogP contribution in [0.3, 0.4) is 0 Å². The maximum atomic E-state index is 13.3. The van der Waals surface area contributed by atoms with Crippen LogP contribution in [0.25, 0.3) is 16.7 Å². The Hall–Kier alpha value is -4.18. The molecule has 35 heavy (non-hydrogen) atoms. The largest absolute Gasteiger partial charge is 0.462 e. The summed E-state index contributed by atoms with van der Waals surface area (Å²) in [5.41, 5.74) is 0.782. The fourth-order valence-electron chi connectivity index (χ4n) is 3.69. The summed E-state index contributed by atoms with van der Waals surface area (Å²) in [4.78, 5) is 52.2. The first-order valence-electron chi connectivity index (χ1n) is 11.3. The zero-order valence-electron chi connectivity index (χ0n) is 19.5. The number of carbonyl (C=O) groups is 2. The number of hydrogen-bond acceptors (Lipinski definition) is 7. The van der Waals surface area contributed by atoms with Gasteiger partial charge in [-0.3, -0.25) is 19.0 Å². The summed E-state index contributed by atoms with van der Waals surface area (Å²) in [5, 5.41) is 0.212. The third-order valence-electron chi connectivity index (χ3n) is 5.29. The molecule has 4 heterocycles. The van der Waals surface area contributed by atoms with E-state index in [1.165, 1.54) is 35.0 Å². The van der Waals surface area contributed by atoms with E-state index in [0.29, 0.717) is 43.0 Å². The number of amides is 1. The van der Waals surface area contributed by atoms with Gasteiger partial charge >= 0.3 is 5.97 Å².